The molecule has 0 aliphatic heterocycles. The molecule has 4 aliphatic rings. The summed E-state index contributed by atoms with van der Waals surface area (Å²) in [5.74, 6) is 4.06. The zero-order chi connectivity index (χ0) is 22.7. The molecular weight excluding hydrogens is 434 g/mol. The Kier molecular flexibility index (Phi) is 5.12. The van der Waals surface area contributed by atoms with Gasteiger partial charge in [0.1, 0.15) is 10.5 Å². The van der Waals surface area contributed by atoms with Gasteiger partial charge in [-0.3, -0.25) is 18.6 Å². The minimum Gasteiger partial charge on any atom is -0.353 e. The van der Waals surface area contributed by atoms with Crippen LogP contribution < -0.4 is 10.9 Å². The van der Waals surface area contributed by atoms with Gasteiger partial charge in [-0.15, -0.1) is 21.5 Å². The van der Waals surface area contributed by atoms with Crippen LogP contribution in [0.1, 0.15) is 71.0 Å². The number of aryl methyl sites for hydroxylation is 2. The molecule has 4 saturated carbocycles. The number of thiophene rings is 1. The Balaban J connectivity index is 1.20. The number of nitrogens with zero attached hydrogens (tertiary/aromatic N) is 4. The lowest BCUT2D eigenvalue weighted by molar-refractivity contribution is -0.125. The van der Waals surface area contributed by atoms with Gasteiger partial charge >= 0.3 is 0 Å². The van der Waals surface area contributed by atoms with Crippen molar-refractivity contribution in [2.45, 2.75) is 84.2 Å². The van der Waals surface area contributed by atoms with E-state index in [9.17, 15) is 9.59 Å². The van der Waals surface area contributed by atoms with E-state index >= 15 is 0 Å². The van der Waals surface area contributed by atoms with Crippen molar-refractivity contribution in [3.05, 3.63) is 27.6 Å². The molecule has 0 aromatic carbocycles. The fourth-order valence-corrected chi connectivity index (χ4v) is 8.39. The lowest BCUT2D eigenvalue weighted by Gasteiger charge is -2.59. The van der Waals surface area contributed by atoms with Crippen molar-refractivity contribution < 1.29 is 4.79 Å². The number of fused-ring (bicyclic) bond motifs is 3. The molecule has 0 spiro atoms. The Hall–Kier alpha value is -2.22. The molecule has 0 saturated heterocycles. The average Bonchev–Trinajstić information content (AvgIpc) is 3.41. The first kappa shape index (κ1) is 21.3. The quantitative estimate of drug-likeness (QED) is 0.565. The number of aromatic nitrogens is 4. The monoisotopic (exact) mass is 467 g/mol. The molecule has 1 atom stereocenters. The second kappa shape index (κ2) is 7.93. The summed E-state index contributed by atoms with van der Waals surface area (Å²) in [5.41, 5.74) is 1.15. The Morgan fingerprint density at radius 1 is 1.21 bits per heavy atom. The molecular formula is C25H33N5O2S. The van der Waals surface area contributed by atoms with Crippen LogP contribution in [0.15, 0.2) is 16.2 Å². The third-order valence-electron chi connectivity index (χ3n) is 8.68. The van der Waals surface area contributed by atoms with Gasteiger partial charge in [0.15, 0.2) is 0 Å². The summed E-state index contributed by atoms with van der Waals surface area (Å²) < 4.78 is 4.40. The number of carbonyl (C=O) groups excluding carboxylic acids is 1. The van der Waals surface area contributed by atoms with Crippen LogP contribution in [0.25, 0.3) is 16.0 Å². The topological polar surface area (TPSA) is 81.3 Å². The zero-order valence-electron chi connectivity index (χ0n) is 19.5. The molecule has 4 aliphatic carbocycles. The Bertz CT molecular complexity index is 1240. The predicted octanol–water partition coefficient (Wildman–Crippen LogP) is 4.17. The summed E-state index contributed by atoms with van der Waals surface area (Å²) in [4.78, 5) is 25.9. The summed E-state index contributed by atoms with van der Waals surface area (Å²) in [6.07, 6.45) is 9.87. The van der Waals surface area contributed by atoms with Crippen LogP contribution in [-0.4, -0.2) is 31.1 Å². The predicted molar refractivity (Wildman–Crippen MR) is 129 cm³/mol. The van der Waals surface area contributed by atoms with E-state index in [-0.39, 0.29) is 17.5 Å². The van der Waals surface area contributed by atoms with Crippen LogP contribution in [0.5, 0.6) is 0 Å². The number of amides is 1. The maximum atomic E-state index is 13.0. The Morgan fingerprint density at radius 2 is 1.91 bits per heavy atom. The van der Waals surface area contributed by atoms with Crippen LogP contribution in [0.4, 0.5) is 0 Å². The van der Waals surface area contributed by atoms with E-state index in [2.05, 4.69) is 22.4 Å². The van der Waals surface area contributed by atoms with Gasteiger partial charge in [-0.25, -0.2) is 0 Å². The van der Waals surface area contributed by atoms with E-state index < -0.39 is 0 Å². The number of rotatable bonds is 7. The summed E-state index contributed by atoms with van der Waals surface area (Å²) in [7, 11) is 0. The van der Waals surface area contributed by atoms with Crippen LogP contribution in [-0.2, 0) is 17.8 Å². The highest BCUT2D eigenvalue weighted by Crippen LogP contribution is 2.61. The molecule has 176 valence electrons. The standard InChI is InChI=1S/C25H33N5O2S/c1-3-7-29-23(32)22-19(6-8-33-22)30-20(27-28-24(29)30)4-5-21(31)26-15(2)25-12-16-9-17(13-25)11-18(10-16)14-25/h6,8,15-18H,3-5,7,9-14H2,1-2H3,(H,26,31)/t15-,16?,17?,18?,25?/m0/s1. The van der Waals surface area contributed by atoms with Gasteiger partial charge in [-0.2, -0.15) is 0 Å². The molecule has 4 bridgehead atoms. The molecule has 1 amide bonds. The third-order valence-corrected chi connectivity index (χ3v) is 9.58. The van der Waals surface area contributed by atoms with Crippen molar-refractivity contribution in [3.8, 4) is 0 Å². The molecule has 3 aromatic heterocycles. The maximum absolute atomic E-state index is 13.0. The van der Waals surface area contributed by atoms with Crippen molar-refractivity contribution in [2.75, 3.05) is 0 Å². The van der Waals surface area contributed by atoms with Crippen LogP contribution >= 0.6 is 11.3 Å². The molecule has 8 heteroatoms. The first-order valence-corrected chi connectivity index (χ1v) is 13.5. The van der Waals surface area contributed by atoms with E-state index in [0.29, 0.717) is 30.6 Å². The molecule has 0 unspecified atom stereocenters. The van der Waals surface area contributed by atoms with Crippen molar-refractivity contribution in [2.24, 2.45) is 23.2 Å². The summed E-state index contributed by atoms with van der Waals surface area (Å²) in [6, 6.07) is 2.18. The molecule has 4 fully saturated rings. The second-order valence-electron chi connectivity index (χ2n) is 10.9. The fraction of sp³-hybridized carbons (Fsp3) is 0.680. The van der Waals surface area contributed by atoms with Gasteiger partial charge in [0.25, 0.3) is 5.56 Å². The third kappa shape index (κ3) is 3.44. The molecule has 1 N–H and O–H groups in total. The highest BCUT2D eigenvalue weighted by atomic mass is 32.1. The first-order valence-electron chi connectivity index (χ1n) is 12.6. The van der Waals surface area contributed by atoms with E-state index in [0.717, 1.165) is 40.2 Å². The summed E-state index contributed by atoms with van der Waals surface area (Å²) in [6.45, 7) is 4.89. The molecule has 33 heavy (non-hydrogen) atoms. The Morgan fingerprint density at radius 3 is 2.58 bits per heavy atom. The lowest BCUT2D eigenvalue weighted by Crippen LogP contribution is -2.55. The van der Waals surface area contributed by atoms with Crippen LogP contribution in [0.3, 0.4) is 0 Å². The Labute approximate surface area is 197 Å². The minimum absolute atomic E-state index is 0.00422. The minimum atomic E-state index is -0.00422. The van der Waals surface area contributed by atoms with Gasteiger partial charge in [-0.1, -0.05) is 6.92 Å². The van der Waals surface area contributed by atoms with Gasteiger partial charge < -0.3 is 5.32 Å². The second-order valence-corrected chi connectivity index (χ2v) is 11.8. The largest absolute Gasteiger partial charge is 0.353 e. The fourth-order valence-electron chi connectivity index (χ4n) is 7.57. The molecule has 7 rings (SSSR count). The van der Waals surface area contributed by atoms with E-state index in [1.54, 1.807) is 4.57 Å². The van der Waals surface area contributed by atoms with Crippen LogP contribution in [0.2, 0.25) is 0 Å². The number of nitrogens with one attached hydrogen (secondary N) is 1. The first-order chi connectivity index (χ1) is 16.0. The van der Waals surface area contributed by atoms with E-state index in [1.165, 1.54) is 49.9 Å². The van der Waals surface area contributed by atoms with Gasteiger partial charge in [0, 0.05) is 25.4 Å². The lowest BCUT2D eigenvalue weighted by atomic mass is 9.48. The van der Waals surface area contributed by atoms with Gasteiger partial charge in [-0.05, 0) is 86.5 Å². The molecule has 7 nitrogen and oxygen atoms in total. The number of hydrogen-bond donors (Lipinski definition) is 1. The zero-order valence-corrected chi connectivity index (χ0v) is 20.4. The van der Waals surface area contributed by atoms with Crippen molar-refractivity contribution in [1.29, 1.82) is 0 Å². The number of carbonyl (C=O) groups is 1. The van der Waals surface area contributed by atoms with Crippen molar-refractivity contribution >= 4 is 33.2 Å². The van der Waals surface area contributed by atoms with E-state index in [4.69, 9.17) is 0 Å². The highest BCUT2D eigenvalue weighted by Gasteiger charge is 2.53. The molecule has 0 radical (unpaired) electrons. The molecule has 3 aromatic rings. The summed E-state index contributed by atoms with van der Waals surface area (Å²) in [5, 5.41) is 14.0. The number of hydrogen-bond acceptors (Lipinski definition) is 5. The summed E-state index contributed by atoms with van der Waals surface area (Å²) >= 11 is 1.45. The van der Waals surface area contributed by atoms with E-state index in [1.807, 2.05) is 22.8 Å². The normalized spacial score (nSPS) is 29.2. The highest BCUT2D eigenvalue weighted by molar-refractivity contribution is 7.17. The SMILES string of the molecule is CCCn1c(=O)c2sccc2n2c(CCC(=O)N[C@@H](C)C34CC5CC(CC(C5)C3)C4)nnc12. The van der Waals surface area contributed by atoms with Gasteiger partial charge in [0.05, 0.1) is 5.52 Å². The molecule has 3 heterocycles. The van der Waals surface area contributed by atoms with Crippen molar-refractivity contribution in [3.63, 3.8) is 0 Å². The maximum Gasteiger partial charge on any atom is 0.272 e. The average molecular weight is 468 g/mol. The van der Waals surface area contributed by atoms with Gasteiger partial charge in [0.2, 0.25) is 11.7 Å². The van der Waals surface area contributed by atoms with Crippen molar-refractivity contribution in [1.82, 2.24) is 24.5 Å². The smallest absolute Gasteiger partial charge is 0.272 e. The van der Waals surface area contributed by atoms with Crippen LogP contribution in [0, 0.1) is 23.2 Å².